The van der Waals surface area contributed by atoms with Crippen LogP contribution in [0.15, 0.2) is 48.6 Å². The highest BCUT2D eigenvalue weighted by atomic mass is 16.3. The van der Waals surface area contributed by atoms with Crippen LogP contribution in [0.2, 0.25) is 0 Å². The summed E-state index contributed by atoms with van der Waals surface area (Å²) in [4.78, 5) is 0. The molecule has 0 aromatic heterocycles. The normalized spacial score (nSPS) is 14.2. The van der Waals surface area contributed by atoms with Crippen LogP contribution in [0.1, 0.15) is 89.9 Å². The number of unbranched alkanes of at least 4 members (excludes halogenated alkanes) is 9. The molecule has 0 aliphatic heterocycles. The van der Waals surface area contributed by atoms with E-state index in [9.17, 15) is 10.2 Å². The number of hydrogen-bond donors (Lipinski definition) is 6. The second-order valence-corrected chi connectivity index (χ2v) is 9.53. The number of hydrogen-bond acceptors (Lipinski definition) is 6. The molecule has 0 saturated carbocycles. The van der Waals surface area contributed by atoms with Crippen LogP contribution in [-0.4, -0.2) is 61.7 Å². The summed E-state index contributed by atoms with van der Waals surface area (Å²) in [5, 5.41) is 25.1. The third-order valence-corrected chi connectivity index (χ3v) is 5.98. The minimum Gasteiger partial charge on any atom is -0.390 e. The maximum Gasteiger partial charge on any atom is 0.0786 e. The van der Waals surface area contributed by atoms with Crippen molar-refractivity contribution in [2.24, 2.45) is 11.5 Å². The molecular formula is C30H58N4O2. The van der Waals surface area contributed by atoms with Gasteiger partial charge in [-0.2, -0.15) is 0 Å². The number of nitrogens with one attached hydrogen (secondary N) is 2. The molecule has 36 heavy (non-hydrogen) atoms. The quantitative estimate of drug-likeness (QED) is 0.0722. The highest BCUT2D eigenvalue weighted by Gasteiger charge is 1.98. The van der Waals surface area contributed by atoms with Gasteiger partial charge in [-0.25, -0.2) is 0 Å². The average Bonchev–Trinajstić information content (AvgIpc) is 2.89. The van der Waals surface area contributed by atoms with Crippen LogP contribution in [0.5, 0.6) is 0 Å². The van der Waals surface area contributed by atoms with Gasteiger partial charge in [0.1, 0.15) is 0 Å². The van der Waals surface area contributed by atoms with E-state index in [-0.39, 0.29) is 0 Å². The largest absolute Gasteiger partial charge is 0.390 e. The molecule has 0 spiro atoms. The zero-order valence-electron chi connectivity index (χ0n) is 23.0. The topological polar surface area (TPSA) is 117 Å². The fraction of sp³-hybridized carbons (Fsp3) is 0.733. The smallest absolute Gasteiger partial charge is 0.0786 e. The van der Waals surface area contributed by atoms with Crippen molar-refractivity contribution in [3.63, 3.8) is 0 Å². The van der Waals surface area contributed by atoms with Crippen LogP contribution in [0.4, 0.5) is 0 Å². The summed E-state index contributed by atoms with van der Waals surface area (Å²) < 4.78 is 0. The van der Waals surface area contributed by atoms with Gasteiger partial charge in [-0.3, -0.25) is 0 Å². The molecule has 2 atom stereocenters. The summed E-state index contributed by atoms with van der Waals surface area (Å²) in [7, 11) is 0. The molecule has 0 aliphatic rings. The molecule has 0 fully saturated rings. The Balaban J connectivity index is 3.27. The lowest BCUT2D eigenvalue weighted by molar-refractivity contribution is 0.180. The van der Waals surface area contributed by atoms with Gasteiger partial charge in [0, 0.05) is 26.2 Å². The Hall–Kier alpha value is -1.28. The zero-order chi connectivity index (χ0) is 26.4. The van der Waals surface area contributed by atoms with E-state index in [1.54, 1.807) is 0 Å². The first-order valence-electron chi connectivity index (χ1n) is 14.5. The van der Waals surface area contributed by atoms with Crippen molar-refractivity contribution < 1.29 is 10.2 Å². The molecule has 0 aromatic carbocycles. The van der Waals surface area contributed by atoms with E-state index in [0.717, 1.165) is 38.8 Å². The van der Waals surface area contributed by atoms with Crippen molar-refractivity contribution >= 4 is 0 Å². The summed E-state index contributed by atoms with van der Waals surface area (Å²) >= 11 is 0. The lowest BCUT2D eigenvalue weighted by Gasteiger charge is -2.07. The van der Waals surface area contributed by atoms with Crippen LogP contribution in [0.3, 0.4) is 0 Å². The fourth-order valence-corrected chi connectivity index (χ4v) is 3.67. The second kappa shape index (κ2) is 29.9. The molecule has 210 valence electrons. The molecular weight excluding hydrogens is 448 g/mol. The van der Waals surface area contributed by atoms with E-state index >= 15 is 0 Å². The maximum atomic E-state index is 9.34. The molecule has 0 rings (SSSR count). The molecule has 0 bridgehead atoms. The first-order chi connectivity index (χ1) is 17.7. The lowest BCUT2D eigenvalue weighted by Crippen LogP contribution is -2.32. The Morgan fingerprint density at radius 3 is 1.17 bits per heavy atom. The van der Waals surface area contributed by atoms with Gasteiger partial charge >= 0.3 is 0 Å². The SMILES string of the molecule is NCC(O)CNCCC=CCC=CCCCCCCCCCCC=CCC=CCCNCC(O)CN. The van der Waals surface area contributed by atoms with Crippen LogP contribution < -0.4 is 22.1 Å². The van der Waals surface area contributed by atoms with Crippen molar-refractivity contribution in [1.29, 1.82) is 0 Å². The highest BCUT2D eigenvalue weighted by Crippen LogP contribution is 2.11. The van der Waals surface area contributed by atoms with E-state index in [0.29, 0.717) is 26.2 Å². The first kappa shape index (κ1) is 34.7. The molecule has 0 saturated heterocycles. The van der Waals surface area contributed by atoms with Gasteiger partial charge in [0.25, 0.3) is 0 Å². The Morgan fingerprint density at radius 2 is 0.806 bits per heavy atom. The van der Waals surface area contributed by atoms with Crippen molar-refractivity contribution in [2.45, 2.75) is 102 Å². The van der Waals surface area contributed by atoms with Crippen molar-refractivity contribution in [1.82, 2.24) is 10.6 Å². The molecule has 0 aromatic rings. The third kappa shape index (κ3) is 29.0. The summed E-state index contributed by atoms with van der Waals surface area (Å²) in [5.41, 5.74) is 10.7. The Kier molecular flexibility index (Phi) is 28.9. The summed E-state index contributed by atoms with van der Waals surface area (Å²) in [6.45, 7) is 3.55. The van der Waals surface area contributed by atoms with E-state index in [2.05, 4.69) is 59.2 Å². The maximum absolute atomic E-state index is 9.34. The van der Waals surface area contributed by atoms with Crippen molar-refractivity contribution in [3.05, 3.63) is 48.6 Å². The molecule has 6 heteroatoms. The Bertz CT molecular complexity index is 501. The summed E-state index contributed by atoms with van der Waals surface area (Å²) in [6.07, 6.45) is 34.3. The predicted molar refractivity (Wildman–Crippen MR) is 157 cm³/mol. The summed E-state index contributed by atoms with van der Waals surface area (Å²) in [5.74, 6) is 0. The van der Waals surface area contributed by atoms with Gasteiger partial charge in [-0.15, -0.1) is 0 Å². The summed E-state index contributed by atoms with van der Waals surface area (Å²) in [6, 6.07) is 0. The zero-order valence-corrected chi connectivity index (χ0v) is 23.0. The van der Waals surface area contributed by atoms with E-state index in [1.807, 2.05) is 0 Å². The second-order valence-electron chi connectivity index (χ2n) is 9.53. The van der Waals surface area contributed by atoms with Gasteiger partial charge in [0.05, 0.1) is 12.2 Å². The van der Waals surface area contributed by atoms with Crippen LogP contribution in [0.25, 0.3) is 0 Å². The molecule has 8 N–H and O–H groups in total. The molecule has 2 unspecified atom stereocenters. The number of nitrogens with two attached hydrogens (primary N) is 2. The van der Waals surface area contributed by atoms with Crippen LogP contribution in [-0.2, 0) is 0 Å². The molecule has 0 aliphatic carbocycles. The first-order valence-corrected chi connectivity index (χ1v) is 14.5. The van der Waals surface area contributed by atoms with E-state index in [4.69, 9.17) is 11.5 Å². The van der Waals surface area contributed by atoms with Gasteiger partial charge in [0.2, 0.25) is 0 Å². The number of allylic oxidation sites excluding steroid dienone is 6. The van der Waals surface area contributed by atoms with Crippen LogP contribution in [0, 0.1) is 0 Å². The number of aliphatic hydroxyl groups is 2. The molecule has 0 radical (unpaired) electrons. The number of rotatable bonds is 27. The lowest BCUT2D eigenvalue weighted by atomic mass is 10.1. The Labute approximate surface area is 222 Å². The molecule has 0 amide bonds. The fourth-order valence-electron chi connectivity index (χ4n) is 3.67. The average molecular weight is 507 g/mol. The van der Waals surface area contributed by atoms with Crippen molar-refractivity contribution in [3.8, 4) is 0 Å². The predicted octanol–water partition coefficient (Wildman–Crippen LogP) is 4.49. The standard InChI is InChI=1S/C30H58N4O2/c31-25-29(35)27-33-23-21-19-17-15-13-11-9-7-5-3-1-2-4-6-8-10-12-14-16-18-20-22-24-34-28-30(36)26-32/h11-14,17-20,29-30,33-36H,1-10,15-16,21-28,31-32H2. The highest BCUT2D eigenvalue weighted by molar-refractivity contribution is 4.93. The third-order valence-electron chi connectivity index (χ3n) is 5.98. The number of aliphatic hydroxyl groups excluding tert-OH is 2. The van der Waals surface area contributed by atoms with Gasteiger partial charge in [0.15, 0.2) is 0 Å². The van der Waals surface area contributed by atoms with Gasteiger partial charge in [-0.05, 0) is 64.5 Å². The minimum atomic E-state index is -0.432. The molecule has 0 heterocycles. The minimum absolute atomic E-state index is 0.316. The van der Waals surface area contributed by atoms with Crippen LogP contribution >= 0.6 is 0 Å². The van der Waals surface area contributed by atoms with Gasteiger partial charge in [-0.1, -0.05) is 87.1 Å². The van der Waals surface area contributed by atoms with Gasteiger partial charge < -0.3 is 32.3 Å². The van der Waals surface area contributed by atoms with E-state index in [1.165, 1.54) is 64.2 Å². The van der Waals surface area contributed by atoms with E-state index < -0.39 is 12.2 Å². The monoisotopic (exact) mass is 506 g/mol. The van der Waals surface area contributed by atoms with Crippen molar-refractivity contribution in [2.75, 3.05) is 39.3 Å². The Morgan fingerprint density at radius 1 is 0.472 bits per heavy atom. The molecule has 6 nitrogen and oxygen atoms in total.